The summed E-state index contributed by atoms with van der Waals surface area (Å²) in [5.74, 6) is 0.274. The van der Waals surface area contributed by atoms with E-state index in [9.17, 15) is 9.59 Å². The second kappa shape index (κ2) is 6.96. The van der Waals surface area contributed by atoms with Crippen molar-refractivity contribution in [1.82, 2.24) is 9.88 Å². The van der Waals surface area contributed by atoms with Crippen LogP contribution in [0.4, 0.5) is 5.13 Å². The fraction of sp³-hybridized carbons (Fsp3) is 0.421. The van der Waals surface area contributed by atoms with Crippen LogP contribution in [-0.4, -0.2) is 33.8 Å². The van der Waals surface area contributed by atoms with Gasteiger partial charge in [-0.3, -0.25) is 9.59 Å². The highest BCUT2D eigenvalue weighted by molar-refractivity contribution is 7.13. The second-order valence-corrected chi connectivity index (χ2v) is 7.66. The number of thiazole rings is 1. The molecule has 130 valence electrons. The van der Waals surface area contributed by atoms with E-state index in [-0.39, 0.29) is 17.9 Å². The van der Waals surface area contributed by atoms with E-state index >= 15 is 0 Å². The number of aromatic nitrogens is 1. The summed E-state index contributed by atoms with van der Waals surface area (Å²) in [5, 5.41) is 5.30. The number of anilines is 1. The molecule has 5 nitrogen and oxygen atoms in total. The van der Waals surface area contributed by atoms with Crippen molar-refractivity contribution in [3.8, 4) is 0 Å². The van der Waals surface area contributed by atoms with E-state index < -0.39 is 6.04 Å². The van der Waals surface area contributed by atoms with Crippen LogP contribution >= 0.6 is 11.3 Å². The van der Waals surface area contributed by atoms with Crippen molar-refractivity contribution >= 4 is 28.3 Å². The van der Waals surface area contributed by atoms with Crippen LogP contribution in [0.15, 0.2) is 41.9 Å². The Balaban J connectivity index is 1.61. The van der Waals surface area contributed by atoms with Crippen molar-refractivity contribution in [1.29, 1.82) is 0 Å². The maximum Gasteiger partial charge on any atom is 0.254 e. The number of fused-ring (bicyclic) bond motifs is 1. The Hall–Kier alpha value is -2.21. The van der Waals surface area contributed by atoms with Gasteiger partial charge in [0.1, 0.15) is 6.04 Å². The standard InChI is InChI=1S/C19H21N3O2S/c23-17(21-19-20-10-11-25-19)16-12-14-8-4-5-9-15(14)22(16)18(24)13-6-2-1-3-7-13/h1-3,6-7,10-11,14-16H,4-5,8-9,12H2,(H,20,21,23)/t14-,15-,16-/m0/s1. The van der Waals surface area contributed by atoms with Gasteiger partial charge in [-0.2, -0.15) is 0 Å². The number of hydrogen-bond donors (Lipinski definition) is 1. The quantitative estimate of drug-likeness (QED) is 0.916. The molecule has 2 heterocycles. The van der Waals surface area contributed by atoms with Gasteiger partial charge in [0.15, 0.2) is 5.13 Å². The molecule has 0 radical (unpaired) electrons. The van der Waals surface area contributed by atoms with Gasteiger partial charge < -0.3 is 10.2 Å². The van der Waals surface area contributed by atoms with Gasteiger partial charge in [-0.05, 0) is 37.3 Å². The molecule has 1 aromatic heterocycles. The molecular formula is C19H21N3O2S. The summed E-state index contributed by atoms with van der Waals surface area (Å²) >= 11 is 1.39. The Labute approximate surface area is 151 Å². The number of benzene rings is 1. The fourth-order valence-electron chi connectivity index (χ4n) is 4.19. The molecule has 4 rings (SSSR count). The largest absolute Gasteiger partial charge is 0.323 e. The van der Waals surface area contributed by atoms with Gasteiger partial charge >= 0.3 is 0 Å². The summed E-state index contributed by atoms with van der Waals surface area (Å²) < 4.78 is 0. The molecule has 25 heavy (non-hydrogen) atoms. The molecular weight excluding hydrogens is 334 g/mol. The monoisotopic (exact) mass is 355 g/mol. The van der Waals surface area contributed by atoms with Crippen molar-refractivity contribution in [3.05, 3.63) is 47.5 Å². The van der Waals surface area contributed by atoms with E-state index in [0.29, 0.717) is 16.6 Å². The number of carbonyl (C=O) groups is 2. The topological polar surface area (TPSA) is 62.3 Å². The number of rotatable bonds is 3. The Morgan fingerprint density at radius 3 is 2.72 bits per heavy atom. The zero-order chi connectivity index (χ0) is 17.2. The molecule has 2 fully saturated rings. The zero-order valence-corrected chi connectivity index (χ0v) is 14.7. The molecule has 6 heteroatoms. The Morgan fingerprint density at radius 1 is 1.16 bits per heavy atom. The summed E-state index contributed by atoms with van der Waals surface area (Å²) in [6, 6.07) is 9.05. The molecule has 2 aromatic rings. The number of likely N-dealkylation sites (tertiary alicyclic amines) is 1. The number of carbonyl (C=O) groups excluding carboxylic acids is 2. The smallest absolute Gasteiger partial charge is 0.254 e. The number of nitrogens with zero attached hydrogens (tertiary/aromatic N) is 2. The lowest BCUT2D eigenvalue weighted by Gasteiger charge is -2.33. The first kappa shape index (κ1) is 16.3. The summed E-state index contributed by atoms with van der Waals surface area (Å²) in [7, 11) is 0. The molecule has 1 aromatic carbocycles. The second-order valence-electron chi connectivity index (χ2n) is 6.77. The van der Waals surface area contributed by atoms with Crippen LogP contribution in [0.1, 0.15) is 42.5 Å². The predicted molar refractivity (Wildman–Crippen MR) is 97.5 cm³/mol. The molecule has 0 spiro atoms. The number of nitrogens with one attached hydrogen (secondary N) is 1. The molecule has 1 saturated carbocycles. The minimum atomic E-state index is -0.412. The maximum atomic E-state index is 13.2. The van der Waals surface area contributed by atoms with Gasteiger partial charge in [-0.1, -0.05) is 31.0 Å². The van der Waals surface area contributed by atoms with Gasteiger partial charge in [0.05, 0.1) is 0 Å². The highest BCUT2D eigenvalue weighted by Crippen LogP contribution is 2.40. The Morgan fingerprint density at radius 2 is 1.96 bits per heavy atom. The van der Waals surface area contributed by atoms with Gasteiger partial charge in [-0.15, -0.1) is 11.3 Å². The van der Waals surface area contributed by atoms with E-state index in [0.717, 1.165) is 25.7 Å². The van der Waals surface area contributed by atoms with Crippen LogP contribution in [0.3, 0.4) is 0 Å². The highest BCUT2D eigenvalue weighted by Gasteiger charge is 2.47. The lowest BCUT2D eigenvalue weighted by Crippen LogP contribution is -2.47. The van der Waals surface area contributed by atoms with Gasteiger partial charge in [-0.25, -0.2) is 4.98 Å². The van der Waals surface area contributed by atoms with E-state index in [1.54, 1.807) is 6.20 Å². The molecule has 0 unspecified atom stereocenters. The zero-order valence-electron chi connectivity index (χ0n) is 13.9. The van der Waals surface area contributed by atoms with Crippen molar-refractivity contribution in [2.45, 2.75) is 44.2 Å². The van der Waals surface area contributed by atoms with E-state index in [4.69, 9.17) is 0 Å². The lowest BCUT2D eigenvalue weighted by atomic mass is 9.84. The minimum absolute atomic E-state index is 0.0331. The van der Waals surface area contributed by atoms with Gasteiger partial charge in [0, 0.05) is 23.2 Å². The van der Waals surface area contributed by atoms with Crippen molar-refractivity contribution < 1.29 is 9.59 Å². The molecule has 0 bridgehead atoms. The molecule has 1 saturated heterocycles. The fourth-order valence-corrected chi connectivity index (χ4v) is 4.72. The summed E-state index contributed by atoms with van der Waals surface area (Å²) in [6.07, 6.45) is 6.83. The maximum absolute atomic E-state index is 13.2. The third-order valence-electron chi connectivity index (χ3n) is 5.31. The third-order valence-corrected chi connectivity index (χ3v) is 6.00. The summed E-state index contributed by atoms with van der Waals surface area (Å²) in [6.45, 7) is 0. The number of amides is 2. The van der Waals surface area contributed by atoms with Crippen molar-refractivity contribution in [2.24, 2.45) is 5.92 Å². The average Bonchev–Trinajstić information content (AvgIpc) is 3.29. The molecule has 1 aliphatic carbocycles. The Kier molecular flexibility index (Phi) is 4.53. The van der Waals surface area contributed by atoms with Crippen LogP contribution in [0.25, 0.3) is 0 Å². The Bertz CT molecular complexity index is 747. The van der Waals surface area contributed by atoms with Crippen LogP contribution < -0.4 is 5.32 Å². The first-order valence-electron chi connectivity index (χ1n) is 8.82. The summed E-state index contributed by atoms with van der Waals surface area (Å²) in [4.78, 5) is 32.0. The van der Waals surface area contributed by atoms with Gasteiger partial charge in [0.25, 0.3) is 5.91 Å². The third kappa shape index (κ3) is 3.18. The normalized spacial score (nSPS) is 25.4. The van der Waals surface area contributed by atoms with Crippen molar-refractivity contribution in [2.75, 3.05) is 5.32 Å². The summed E-state index contributed by atoms with van der Waals surface area (Å²) in [5.41, 5.74) is 0.653. The molecule has 1 N–H and O–H groups in total. The van der Waals surface area contributed by atoms with E-state index in [1.807, 2.05) is 40.6 Å². The first-order chi connectivity index (χ1) is 12.2. The van der Waals surface area contributed by atoms with Crippen LogP contribution in [0.2, 0.25) is 0 Å². The number of hydrogen-bond acceptors (Lipinski definition) is 4. The first-order valence-corrected chi connectivity index (χ1v) is 9.70. The SMILES string of the molecule is O=C(Nc1nccs1)[C@@H]1C[C@@H]2CCCC[C@@H]2N1C(=O)c1ccccc1. The lowest BCUT2D eigenvalue weighted by molar-refractivity contribution is -0.120. The molecule has 2 amide bonds. The molecule has 2 aliphatic rings. The van der Waals surface area contributed by atoms with Crippen molar-refractivity contribution in [3.63, 3.8) is 0 Å². The minimum Gasteiger partial charge on any atom is -0.323 e. The van der Waals surface area contributed by atoms with Gasteiger partial charge in [0.2, 0.25) is 5.91 Å². The van der Waals surface area contributed by atoms with Crippen LogP contribution in [-0.2, 0) is 4.79 Å². The van der Waals surface area contributed by atoms with Crippen LogP contribution in [0, 0.1) is 5.92 Å². The van der Waals surface area contributed by atoms with Crippen LogP contribution in [0.5, 0.6) is 0 Å². The molecule has 1 aliphatic heterocycles. The predicted octanol–water partition coefficient (Wildman–Crippen LogP) is 3.56. The average molecular weight is 355 g/mol. The highest BCUT2D eigenvalue weighted by atomic mass is 32.1. The van der Waals surface area contributed by atoms with E-state index in [1.165, 1.54) is 17.8 Å². The molecule has 3 atom stereocenters. The van der Waals surface area contributed by atoms with E-state index in [2.05, 4.69) is 10.3 Å².